The van der Waals surface area contributed by atoms with Gasteiger partial charge in [-0.1, -0.05) is 0 Å². The van der Waals surface area contributed by atoms with Gasteiger partial charge >= 0.3 is 0 Å². The summed E-state index contributed by atoms with van der Waals surface area (Å²) in [6.07, 6.45) is 1.31. The van der Waals surface area contributed by atoms with Crippen molar-refractivity contribution < 1.29 is 15.7 Å². The van der Waals surface area contributed by atoms with Crippen molar-refractivity contribution in [3.8, 4) is 0 Å². The zero-order valence-corrected chi connectivity index (χ0v) is 9.74. The number of nitrogens with one attached hydrogen (secondary N) is 1. The molecule has 2 aromatic heterocycles. The van der Waals surface area contributed by atoms with Crippen LogP contribution in [0, 0.1) is 11.8 Å². The van der Waals surface area contributed by atoms with Gasteiger partial charge in [0.05, 0.1) is 11.8 Å². The molecule has 2 heterocycles. The number of aromatic amines is 1. The van der Waals surface area contributed by atoms with Crippen LogP contribution < -0.4 is 11.3 Å². The largest absolute Gasteiger partial charge is 0.396 e. The maximum atomic E-state index is 11.8. The van der Waals surface area contributed by atoms with Crippen molar-refractivity contribution in [1.29, 1.82) is 0 Å². The first-order chi connectivity index (χ1) is 10.5. The van der Waals surface area contributed by atoms with Gasteiger partial charge in [0.1, 0.15) is 0 Å². The average Bonchev–Trinajstić information content (AvgIpc) is 2.67. The van der Waals surface area contributed by atoms with Gasteiger partial charge in [0, 0.05) is 25.1 Å². The number of nitrogen functional groups attached to an aromatic ring is 1. The minimum absolute atomic E-state index is 0.00640. The molecule has 0 spiro atoms. The summed E-state index contributed by atoms with van der Waals surface area (Å²) in [4.78, 5) is 21.9. The van der Waals surface area contributed by atoms with E-state index in [0.717, 1.165) is 0 Å². The highest BCUT2D eigenvalue weighted by atomic mass is 16.3. The topological polar surface area (TPSA) is 130 Å². The van der Waals surface area contributed by atoms with Gasteiger partial charge in [-0.05, 0) is 12.3 Å². The number of fused-ring (bicyclic) bond motifs is 1. The molecule has 19 heavy (non-hydrogen) atoms. The van der Waals surface area contributed by atoms with Crippen LogP contribution in [0.2, 0.25) is 0 Å². The van der Waals surface area contributed by atoms with Crippen molar-refractivity contribution in [2.24, 2.45) is 11.8 Å². The van der Waals surface area contributed by atoms with Crippen LogP contribution in [-0.4, -0.2) is 42.9 Å². The minimum atomic E-state index is -2.73. The van der Waals surface area contributed by atoms with E-state index < -0.39 is 36.6 Å². The second-order valence-electron chi connectivity index (χ2n) is 4.47. The van der Waals surface area contributed by atoms with E-state index in [2.05, 4.69) is 15.0 Å². The van der Waals surface area contributed by atoms with Crippen LogP contribution in [0.3, 0.4) is 0 Å². The van der Waals surface area contributed by atoms with Gasteiger partial charge in [-0.15, -0.1) is 0 Å². The van der Waals surface area contributed by atoms with Crippen molar-refractivity contribution in [2.45, 2.75) is 12.5 Å². The molecule has 0 bridgehead atoms. The molecule has 2 aromatic rings. The van der Waals surface area contributed by atoms with Crippen molar-refractivity contribution >= 4 is 17.1 Å². The standard InChI is InChI=1S/C11H15N5O3/c12-11-14-9-8(10(19)15-11)13-4-16(9)7-1-5(2-17)6(7)3-18/h4-7,17-18H,1-3H2,(H3,12,14,15,19)/t5-,6-,7-/m1/s1/i2D2,3D2. The average molecular weight is 269 g/mol. The van der Waals surface area contributed by atoms with Crippen molar-refractivity contribution in [3.63, 3.8) is 0 Å². The molecule has 0 unspecified atom stereocenters. The molecule has 5 N–H and O–H groups in total. The molecule has 0 aliphatic heterocycles. The number of imidazole rings is 1. The van der Waals surface area contributed by atoms with E-state index in [1.807, 2.05) is 0 Å². The van der Waals surface area contributed by atoms with Gasteiger partial charge in [-0.2, -0.15) is 4.98 Å². The zero-order chi connectivity index (χ0) is 17.2. The molecule has 0 radical (unpaired) electrons. The summed E-state index contributed by atoms with van der Waals surface area (Å²) >= 11 is 0. The smallest absolute Gasteiger partial charge is 0.280 e. The first-order valence-electron chi connectivity index (χ1n) is 7.67. The summed E-state index contributed by atoms with van der Waals surface area (Å²) in [7, 11) is 0. The summed E-state index contributed by atoms with van der Waals surface area (Å²) in [6, 6.07) is -0.721. The molecule has 1 saturated carbocycles. The Balaban J connectivity index is 2.07. The van der Waals surface area contributed by atoms with Gasteiger partial charge in [-0.25, -0.2) is 4.98 Å². The molecule has 102 valence electrons. The molecule has 1 aliphatic carbocycles. The fraction of sp³-hybridized carbons (Fsp3) is 0.545. The van der Waals surface area contributed by atoms with Crippen LogP contribution in [0.25, 0.3) is 11.2 Å². The Morgan fingerprint density at radius 3 is 3.05 bits per heavy atom. The quantitative estimate of drug-likeness (QED) is 0.557. The lowest BCUT2D eigenvalue weighted by Crippen LogP contribution is -2.42. The third kappa shape index (κ3) is 1.71. The number of nitrogens with two attached hydrogens (primary N) is 1. The molecular weight excluding hydrogens is 250 g/mol. The third-order valence-electron chi connectivity index (χ3n) is 3.47. The SMILES string of the molecule is [2H]C([2H])(O)[C@H]1[C@H](n2cnc3c(=O)[nH]c(N)nc32)C[C@@H]1C([2H])([2H])O. The number of H-pyrrole nitrogens is 1. The van der Waals surface area contributed by atoms with Crippen LogP contribution in [0.1, 0.15) is 17.9 Å². The molecule has 1 fully saturated rings. The predicted molar refractivity (Wildman–Crippen MR) is 67.4 cm³/mol. The summed E-state index contributed by atoms with van der Waals surface area (Å²) in [5.74, 6) is -2.48. The van der Waals surface area contributed by atoms with Crippen molar-refractivity contribution in [2.75, 3.05) is 18.9 Å². The highest BCUT2D eigenvalue weighted by Gasteiger charge is 2.41. The zero-order valence-electron chi connectivity index (χ0n) is 13.7. The van der Waals surface area contributed by atoms with Crippen LogP contribution in [0.15, 0.2) is 11.1 Å². The molecular formula is C11H15N5O3. The number of rotatable bonds is 3. The number of anilines is 1. The van der Waals surface area contributed by atoms with E-state index in [4.69, 9.17) is 11.2 Å². The lowest BCUT2D eigenvalue weighted by atomic mass is 9.70. The number of aromatic nitrogens is 4. The number of nitrogens with zero attached hydrogens (tertiary/aromatic N) is 3. The Morgan fingerprint density at radius 2 is 2.37 bits per heavy atom. The van der Waals surface area contributed by atoms with E-state index in [1.165, 1.54) is 10.9 Å². The number of hydrogen-bond acceptors (Lipinski definition) is 6. The molecule has 0 aromatic carbocycles. The fourth-order valence-electron chi connectivity index (χ4n) is 2.41. The lowest BCUT2D eigenvalue weighted by Gasteiger charge is -2.43. The van der Waals surface area contributed by atoms with Crippen molar-refractivity contribution in [1.82, 2.24) is 19.5 Å². The predicted octanol–water partition coefficient (Wildman–Crippen LogP) is -1.14. The number of hydrogen-bond donors (Lipinski definition) is 4. The second kappa shape index (κ2) is 4.32. The van der Waals surface area contributed by atoms with Crippen LogP contribution in [0.4, 0.5) is 5.95 Å². The number of aliphatic hydroxyl groups is 2. The molecule has 3 atom stereocenters. The van der Waals surface area contributed by atoms with E-state index in [-0.39, 0.29) is 23.5 Å². The van der Waals surface area contributed by atoms with Gasteiger partial charge < -0.3 is 20.5 Å². The van der Waals surface area contributed by atoms with E-state index in [0.29, 0.717) is 0 Å². The normalized spacial score (nSPS) is 31.2. The maximum absolute atomic E-state index is 11.8. The van der Waals surface area contributed by atoms with Gasteiger partial charge in [0.2, 0.25) is 5.95 Å². The summed E-state index contributed by atoms with van der Waals surface area (Å²) in [6.45, 7) is -5.37. The first-order valence-corrected chi connectivity index (χ1v) is 5.67. The second-order valence-corrected chi connectivity index (χ2v) is 4.47. The van der Waals surface area contributed by atoms with Crippen LogP contribution in [-0.2, 0) is 0 Å². The van der Waals surface area contributed by atoms with Crippen molar-refractivity contribution in [3.05, 3.63) is 16.7 Å². The Kier molecular flexibility index (Phi) is 1.88. The highest BCUT2D eigenvalue weighted by molar-refractivity contribution is 5.70. The van der Waals surface area contributed by atoms with E-state index in [1.54, 1.807) is 0 Å². The molecule has 1 aliphatic rings. The Hall–Kier alpha value is -1.93. The van der Waals surface area contributed by atoms with E-state index >= 15 is 0 Å². The molecule has 0 saturated heterocycles. The highest BCUT2D eigenvalue weighted by Crippen LogP contribution is 2.44. The van der Waals surface area contributed by atoms with Gasteiger partial charge in [0.15, 0.2) is 11.2 Å². The lowest BCUT2D eigenvalue weighted by molar-refractivity contribution is -0.00528. The van der Waals surface area contributed by atoms with E-state index in [9.17, 15) is 15.0 Å². The molecule has 8 nitrogen and oxygen atoms in total. The van der Waals surface area contributed by atoms with Crippen LogP contribution in [0.5, 0.6) is 0 Å². The maximum Gasteiger partial charge on any atom is 0.280 e. The fourth-order valence-corrected chi connectivity index (χ4v) is 2.41. The summed E-state index contributed by atoms with van der Waals surface area (Å²) in [5, 5.41) is 19.3. The molecule has 3 rings (SSSR count). The van der Waals surface area contributed by atoms with Gasteiger partial charge in [0.25, 0.3) is 5.56 Å². The first kappa shape index (κ1) is 8.28. The van der Waals surface area contributed by atoms with Gasteiger partial charge in [-0.3, -0.25) is 9.78 Å². The summed E-state index contributed by atoms with van der Waals surface area (Å²) in [5.41, 5.74) is 5.07. The Morgan fingerprint density at radius 1 is 1.58 bits per heavy atom. The minimum Gasteiger partial charge on any atom is -0.396 e. The molecule has 8 heteroatoms. The third-order valence-corrected chi connectivity index (χ3v) is 3.47. The monoisotopic (exact) mass is 269 g/mol. The van der Waals surface area contributed by atoms with Crippen LogP contribution >= 0.6 is 0 Å². The Labute approximate surface area is 113 Å². The Bertz CT molecular complexity index is 809. The summed E-state index contributed by atoms with van der Waals surface area (Å²) < 4.78 is 31.2. The molecule has 0 amide bonds.